The minimum absolute atomic E-state index is 0.0190. The van der Waals surface area contributed by atoms with Gasteiger partial charge in [-0.2, -0.15) is 4.98 Å². The van der Waals surface area contributed by atoms with Gasteiger partial charge in [-0.05, 0) is 36.6 Å². The Kier molecular flexibility index (Phi) is 5.85. The van der Waals surface area contributed by atoms with Gasteiger partial charge in [-0.25, -0.2) is 12.7 Å². The van der Waals surface area contributed by atoms with Crippen molar-refractivity contribution in [3.8, 4) is 0 Å². The molecule has 0 N–H and O–H groups in total. The van der Waals surface area contributed by atoms with E-state index in [0.717, 1.165) is 11.3 Å². The Labute approximate surface area is 165 Å². The van der Waals surface area contributed by atoms with E-state index in [4.69, 9.17) is 4.52 Å². The Morgan fingerprint density at radius 2 is 2.07 bits per heavy atom. The van der Waals surface area contributed by atoms with Crippen LogP contribution in [0.15, 0.2) is 27.6 Å². The number of nitrogens with zero attached hydrogens (tertiary/aromatic N) is 4. The van der Waals surface area contributed by atoms with Crippen molar-refractivity contribution in [1.29, 1.82) is 0 Å². The molecule has 0 atom stereocenters. The van der Waals surface area contributed by atoms with Gasteiger partial charge in [-0.3, -0.25) is 4.79 Å². The molecule has 152 valence electrons. The highest BCUT2D eigenvalue weighted by Gasteiger charge is 2.27. The van der Waals surface area contributed by atoms with Gasteiger partial charge in [0, 0.05) is 45.1 Å². The first-order valence-electron chi connectivity index (χ1n) is 9.38. The van der Waals surface area contributed by atoms with E-state index in [9.17, 15) is 13.2 Å². The highest BCUT2D eigenvalue weighted by Crippen LogP contribution is 2.31. The molecule has 0 bridgehead atoms. The van der Waals surface area contributed by atoms with Crippen LogP contribution in [0.25, 0.3) is 0 Å². The molecule has 3 rings (SSSR count). The molecule has 0 fully saturated rings. The van der Waals surface area contributed by atoms with Crippen LogP contribution in [0.3, 0.4) is 0 Å². The van der Waals surface area contributed by atoms with Gasteiger partial charge >= 0.3 is 0 Å². The number of hydrogen-bond donors (Lipinski definition) is 0. The molecule has 0 spiro atoms. The molecule has 0 saturated heterocycles. The zero-order chi connectivity index (χ0) is 20.5. The number of anilines is 1. The maximum atomic E-state index is 12.6. The molecule has 9 heteroatoms. The number of sulfonamides is 1. The van der Waals surface area contributed by atoms with Crippen LogP contribution in [0.2, 0.25) is 0 Å². The van der Waals surface area contributed by atoms with Gasteiger partial charge in [-0.15, -0.1) is 0 Å². The van der Waals surface area contributed by atoms with Crippen molar-refractivity contribution in [2.75, 3.05) is 25.5 Å². The van der Waals surface area contributed by atoms with Crippen LogP contribution in [0, 0.1) is 0 Å². The van der Waals surface area contributed by atoms with Crippen LogP contribution >= 0.6 is 0 Å². The van der Waals surface area contributed by atoms with E-state index in [1.807, 2.05) is 13.8 Å². The maximum Gasteiger partial charge on any atom is 0.242 e. The molecule has 1 amide bonds. The summed E-state index contributed by atoms with van der Waals surface area (Å²) in [6, 6.07) is 4.96. The number of carbonyl (C=O) groups is 1. The van der Waals surface area contributed by atoms with E-state index in [1.165, 1.54) is 18.4 Å². The highest BCUT2D eigenvalue weighted by molar-refractivity contribution is 7.89. The molecule has 2 heterocycles. The summed E-state index contributed by atoms with van der Waals surface area (Å²) in [6.07, 6.45) is 2.21. The van der Waals surface area contributed by atoms with Gasteiger partial charge in [0.15, 0.2) is 5.82 Å². The number of hydrogen-bond acceptors (Lipinski definition) is 6. The molecule has 0 saturated carbocycles. The van der Waals surface area contributed by atoms with Crippen molar-refractivity contribution in [3.63, 3.8) is 0 Å². The molecule has 1 aliphatic heterocycles. The predicted molar refractivity (Wildman–Crippen MR) is 105 cm³/mol. The average molecular weight is 407 g/mol. The average Bonchev–Trinajstić information content (AvgIpc) is 3.27. The molecule has 2 aromatic rings. The summed E-state index contributed by atoms with van der Waals surface area (Å²) in [6.45, 7) is 4.56. The summed E-state index contributed by atoms with van der Waals surface area (Å²) in [7, 11) is -0.467. The lowest BCUT2D eigenvalue weighted by Crippen LogP contribution is -2.28. The SMILES string of the molecule is CC(C)c1noc(CCCC(=O)N2CCc3cc(S(=O)(=O)N(C)C)ccc32)n1. The summed E-state index contributed by atoms with van der Waals surface area (Å²) in [5.41, 5.74) is 1.68. The summed E-state index contributed by atoms with van der Waals surface area (Å²) >= 11 is 0. The van der Waals surface area contributed by atoms with Crippen molar-refractivity contribution >= 4 is 21.6 Å². The first-order valence-corrected chi connectivity index (χ1v) is 10.8. The molecular weight excluding hydrogens is 380 g/mol. The van der Waals surface area contributed by atoms with E-state index in [0.29, 0.717) is 43.9 Å². The molecule has 0 unspecified atom stereocenters. The lowest BCUT2D eigenvalue weighted by atomic mass is 10.1. The largest absolute Gasteiger partial charge is 0.339 e. The number of fused-ring (bicyclic) bond motifs is 1. The Balaban J connectivity index is 1.62. The van der Waals surface area contributed by atoms with Crippen molar-refractivity contribution in [1.82, 2.24) is 14.4 Å². The fourth-order valence-electron chi connectivity index (χ4n) is 3.14. The zero-order valence-electron chi connectivity index (χ0n) is 16.7. The summed E-state index contributed by atoms with van der Waals surface area (Å²) < 4.78 is 31.0. The second-order valence-corrected chi connectivity index (χ2v) is 9.58. The van der Waals surface area contributed by atoms with E-state index in [2.05, 4.69) is 10.1 Å². The first-order chi connectivity index (χ1) is 13.2. The number of aromatic nitrogens is 2. The van der Waals surface area contributed by atoms with Gasteiger partial charge < -0.3 is 9.42 Å². The molecule has 0 radical (unpaired) electrons. The number of benzene rings is 1. The third-order valence-electron chi connectivity index (χ3n) is 4.81. The molecule has 28 heavy (non-hydrogen) atoms. The van der Waals surface area contributed by atoms with Crippen LogP contribution < -0.4 is 4.90 Å². The third-order valence-corrected chi connectivity index (χ3v) is 6.62. The van der Waals surface area contributed by atoms with Crippen LogP contribution in [-0.2, 0) is 27.7 Å². The molecule has 0 aliphatic carbocycles. The Morgan fingerprint density at radius 3 is 2.71 bits per heavy atom. The molecule has 1 aromatic heterocycles. The smallest absolute Gasteiger partial charge is 0.242 e. The summed E-state index contributed by atoms with van der Waals surface area (Å²) in [5, 5.41) is 3.93. The quantitative estimate of drug-likeness (QED) is 0.700. The first kappa shape index (κ1) is 20.5. The second kappa shape index (κ2) is 8.00. The minimum Gasteiger partial charge on any atom is -0.339 e. The van der Waals surface area contributed by atoms with Gasteiger partial charge in [-0.1, -0.05) is 19.0 Å². The number of amides is 1. The summed E-state index contributed by atoms with van der Waals surface area (Å²) in [4.78, 5) is 18.9. The topological polar surface area (TPSA) is 96.6 Å². The van der Waals surface area contributed by atoms with Gasteiger partial charge in [0.1, 0.15) is 0 Å². The van der Waals surface area contributed by atoms with Crippen LogP contribution in [0.4, 0.5) is 5.69 Å². The van der Waals surface area contributed by atoms with Gasteiger partial charge in [0.05, 0.1) is 4.90 Å². The molecule has 1 aromatic carbocycles. The fraction of sp³-hybridized carbons (Fsp3) is 0.526. The monoisotopic (exact) mass is 406 g/mol. The Bertz CT molecular complexity index is 966. The summed E-state index contributed by atoms with van der Waals surface area (Å²) in [5.74, 6) is 1.46. The molecule has 8 nitrogen and oxygen atoms in total. The Morgan fingerprint density at radius 1 is 1.32 bits per heavy atom. The molecule has 1 aliphatic rings. The number of carbonyl (C=O) groups excluding carboxylic acids is 1. The molecular formula is C19H26N4O4S. The van der Waals surface area contributed by atoms with Crippen LogP contribution in [-0.4, -0.2) is 49.4 Å². The number of aryl methyl sites for hydroxylation is 1. The van der Waals surface area contributed by atoms with Crippen molar-refractivity contribution in [2.24, 2.45) is 0 Å². The van der Waals surface area contributed by atoms with E-state index in [1.54, 1.807) is 23.1 Å². The lowest BCUT2D eigenvalue weighted by molar-refractivity contribution is -0.118. The van der Waals surface area contributed by atoms with Crippen molar-refractivity contribution < 1.29 is 17.7 Å². The highest BCUT2D eigenvalue weighted by atomic mass is 32.2. The number of rotatable bonds is 7. The van der Waals surface area contributed by atoms with Crippen molar-refractivity contribution in [2.45, 2.75) is 50.3 Å². The van der Waals surface area contributed by atoms with E-state index in [-0.39, 0.29) is 16.7 Å². The minimum atomic E-state index is -3.48. The van der Waals surface area contributed by atoms with Crippen LogP contribution in [0.5, 0.6) is 0 Å². The van der Waals surface area contributed by atoms with Gasteiger partial charge in [0.2, 0.25) is 21.8 Å². The maximum absolute atomic E-state index is 12.6. The third kappa shape index (κ3) is 4.10. The standard InChI is InChI=1S/C19H26N4O4S/c1-13(2)19-20-17(27-21-19)6-5-7-18(24)23-11-10-14-12-15(8-9-16(14)23)28(25,26)22(3)4/h8-9,12-13H,5-7,10-11H2,1-4H3. The lowest BCUT2D eigenvalue weighted by Gasteiger charge is -2.18. The zero-order valence-corrected chi connectivity index (χ0v) is 17.5. The normalized spacial score (nSPS) is 14.1. The predicted octanol–water partition coefficient (Wildman–Crippen LogP) is 2.36. The van der Waals surface area contributed by atoms with Gasteiger partial charge in [0.25, 0.3) is 0 Å². The van der Waals surface area contributed by atoms with Crippen LogP contribution in [0.1, 0.15) is 49.9 Å². The fourth-order valence-corrected chi connectivity index (χ4v) is 4.09. The Hall–Kier alpha value is -2.26. The van der Waals surface area contributed by atoms with E-state index < -0.39 is 10.0 Å². The second-order valence-electron chi connectivity index (χ2n) is 7.43. The van der Waals surface area contributed by atoms with Crippen molar-refractivity contribution in [3.05, 3.63) is 35.5 Å². The van der Waals surface area contributed by atoms with E-state index >= 15 is 0 Å².